The monoisotopic (exact) mass is 289 g/mol. The zero-order chi connectivity index (χ0) is 15.4. The van der Waals surface area contributed by atoms with E-state index >= 15 is 0 Å². The van der Waals surface area contributed by atoms with Crippen LogP contribution in [0.4, 0.5) is 10.1 Å². The van der Waals surface area contributed by atoms with Crippen molar-refractivity contribution in [2.24, 2.45) is 0 Å². The van der Waals surface area contributed by atoms with E-state index in [1.807, 2.05) is 43.1 Å². The lowest BCUT2D eigenvalue weighted by atomic mass is 10.0. The van der Waals surface area contributed by atoms with Gasteiger partial charge >= 0.3 is 0 Å². The molecule has 2 aromatic carbocycles. The number of halogens is 1. The summed E-state index contributed by atoms with van der Waals surface area (Å²) in [5, 5.41) is 10.4. The summed E-state index contributed by atoms with van der Waals surface area (Å²) in [5.41, 5.74) is 2.51. The van der Waals surface area contributed by atoms with Crippen molar-refractivity contribution in [3.05, 3.63) is 59.4 Å². The Bertz CT molecular complexity index is 615. The summed E-state index contributed by atoms with van der Waals surface area (Å²) in [6, 6.07) is 12.0. The molecule has 0 aromatic heterocycles. The van der Waals surface area contributed by atoms with E-state index < -0.39 is 6.10 Å². The molecule has 0 saturated heterocycles. The fourth-order valence-corrected chi connectivity index (χ4v) is 2.29. The zero-order valence-corrected chi connectivity index (χ0v) is 12.5. The number of likely N-dealkylation sites (N-methyl/N-ethyl adjacent to an activating group) is 1. The summed E-state index contributed by atoms with van der Waals surface area (Å²) < 4.78 is 18.5. The third-order valence-corrected chi connectivity index (χ3v) is 3.44. The zero-order valence-electron chi connectivity index (χ0n) is 12.5. The average Bonchev–Trinajstić information content (AvgIpc) is 2.47. The standard InChI is InChI=1S/C17H20FNO2/c1-12-7-8-17(21-3)15(9-12)16(20)11-19(2)14-6-4-5-13(18)10-14/h4-10,16,20H,11H2,1-3H3. The number of ether oxygens (including phenoxy) is 1. The van der Waals surface area contributed by atoms with Crippen molar-refractivity contribution in [3.63, 3.8) is 0 Å². The average molecular weight is 289 g/mol. The van der Waals surface area contributed by atoms with Gasteiger partial charge in [-0.15, -0.1) is 0 Å². The van der Waals surface area contributed by atoms with Crippen molar-refractivity contribution in [1.29, 1.82) is 0 Å². The molecule has 2 rings (SSSR count). The number of aliphatic hydroxyl groups is 1. The van der Waals surface area contributed by atoms with Crippen molar-refractivity contribution in [2.45, 2.75) is 13.0 Å². The summed E-state index contributed by atoms with van der Waals surface area (Å²) in [4.78, 5) is 1.82. The van der Waals surface area contributed by atoms with Crippen LogP contribution >= 0.6 is 0 Å². The van der Waals surface area contributed by atoms with Gasteiger partial charge in [-0.2, -0.15) is 0 Å². The minimum Gasteiger partial charge on any atom is -0.496 e. The number of aryl methyl sites for hydroxylation is 1. The van der Waals surface area contributed by atoms with Gasteiger partial charge in [0.2, 0.25) is 0 Å². The molecule has 0 radical (unpaired) electrons. The quantitative estimate of drug-likeness (QED) is 0.916. The first kappa shape index (κ1) is 15.3. The second kappa shape index (κ2) is 6.59. The Morgan fingerprint density at radius 2 is 2.00 bits per heavy atom. The first-order valence-corrected chi connectivity index (χ1v) is 6.80. The highest BCUT2D eigenvalue weighted by atomic mass is 19.1. The fourth-order valence-electron chi connectivity index (χ4n) is 2.29. The second-order valence-electron chi connectivity index (χ2n) is 5.12. The number of hydrogen-bond donors (Lipinski definition) is 1. The minimum atomic E-state index is -0.715. The van der Waals surface area contributed by atoms with Crippen LogP contribution in [0, 0.1) is 12.7 Å². The first-order valence-electron chi connectivity index (χ1n) is 6.80. The van der Waals surface area contributed by atoms with Crippen LogP contribution in [-0.2, 0) is 0 Å². The van der Waals surface area contributed by atoms with E-state index in [-0.39, 0.29) is 5.82 Å². The number of nitrogens with zero attached hydrogens (tertiary/aromatic N) is 1. The van der Waals surface area contributed by atoms with E-state index in [0.717, 1.165) is 16.8 Å². The highest BCUT2D eigenvalue weighted by Gasteiger charge is 2.16. The summed E-state index contributed by atoms with van der Waals surface area (Å²) in [5.74, 6) is 0.364. The number of rotatable bonds is 5. The third kappa shape index (κ3) is 3.73. The molecular weight excluding hydrogens is 269 g/mol. The first-order chi connectivity index (χ1) is 10.0. The molecule has 1 N–H and O–H groups in total. The van der Waals surface area contributed by atoms with E-state index in [0.29, 0.717) is 12.3 Å². The van der Waals surface area contributed by atoms with Crippen molar-refractivity contribution in [1.82, 2.24) is 0 Å². The van der Waals surface area contributed by atoms with Gasteiger partial charge in [-0.05, 0) is 37.3 Å². The largest absolute Gasteiger partial charge is 0.496 e. The lowest BCUT2D eigenvalue weighted by molar-refractivity contribution is 0.180. The molecule has 3 nitrogen and oxygen atoms in total. The van der Waals surface area contributed by atoms with Gasteiger partial charge in [0.25, 0.3) is 0 Å². The fraction of sp³-hybridized carbons (Fsp3) is 0.294. The summed E-state index contributed by atoms with van der Waals surface area (Å²) in [6.45, 7) is 2.31. The number of hydrogen-bond acceptors (Lipinski definition) is 3. The topological polar surface area (TPSA) is 32.7 Å². The molecule has 0 fully saturated rings. The molecule has 0 heterocycles. The van der Waals surface area contributed by atoms with Crippen LogP contribution in [0.2, 0.25) is 0 Å². The molecule has 0 spiro atoms. The number of anilines is 1. The Hall–Kier alpha value is -2.07. The van der Waals surface area contributed by atoms with Gasteiger partial charge in [0.15, 0.2) is 0 Å². The van der Waals surface area contributed by atoms with Crippen molar-refractivity contribution < 1.29 is 14.2 Å². The molecule has 21 heavy (non-hydrogen) atoms. The number of benzene rings is 2. The Balaban J connectivity index is 2.17. The molecule has 4 heteroatoms. The van der Waals surface area contributed by atoms with Crippen molar-refractivity contribution in [3.8, 4) is 5.75 Å². The summed E-state index contributed by atoms with van der Waals surface area (Å²) in [6.07, 6.45) is -0.715. The molecule has 0 amide bonds. The molecule has 0 aliphatic carbocycles. The van der Waals surface area contributed by atoms with Gasteiger partial charge in [-0.25, -0.2) is 4.39 Å². The molecule has 1 unspecified atom stereocenters. The van der Waals surface area contributed by atoms with E-state index in [4.69, 9.17) is 4.74 Å². The number of aliphatic hydroxyl groups excluding tert-OH is 1. The normalized spacial score (nSPS) is 12.0. The number of methoxy groups -OCH3 is 1. The van der Waals surface area contributed by atoms with Crippen LogP contribution in [0.25, 0.3) is 0 Å². The Morgan fingerprint density at radius 3 is 2.67 bits per heavy atom. The summed E-state index contributed by atoms with van der Waals surface area (Å²) >= 11 is 0. The SMILES string of the molecule is COc1ccc(C)cc1C(O)CN(C)c1cccc(F)c1. The molecule has 1 atom stereocenters. The maximum atomic E-state index is 13.3. The highest BCUT2D eigenvalue weighted by Crippen LogP contribution is 2.27. The lowest BCUT2D eigenvalue weighted by Crippen LogP contribution is -2.24. The van der Waals surface area contributed by atoms with Gasteiger partial charge in [-0.3, -0.25) is 0 Å². The van der Waals surface area contributed by atoms with Crippen molar-refractivity contribution in [2.75, 3.05) is 25.6 Å². The predicted octanol–water partition coefficient (Wildman–Crippen LogP) is 3.31. The molecular formula is C17H20FNO2. The minimum absolute atomic E-state index is 0.290. The van der Waals surface area contributed by atoms with Crippen molar-refractivity contribution >= 4 is 5.69 Å². The molecule has 112 valence electrons. The van der Waals surface area contributed by atoms with Gasteiger partial charge < -0.3 is 14.7 Å². The van der Waals surface area contributed by atoms with E-state index in [1.54, 1.807) is 13.2 Å². The van der Waals surface area contributed by atoms with Gasteiger partial charge in [-0.1, -0.05) is 17.7 Å². The highest BCUT2D eigenvalue weighted by molar-refractivity contribution is 5.47. The Morgan fingerprint density at radius 1 is 1.24 bits per heavy atom. The summed E-state index contributed by atoms with van der Waals surface area (Å²) in [7, 11) is 3.40. The van der Waals surface area contributed by atoms with Crippen LogP contribution in [0.1, 0.15) is 17.2 Å². The Labute approximate surface area is 124 Å². The Kier molecular flexibility index (Phi) is 4.81. The maximum absolute atomic E-state index is 13.3. The van der Waals surface area contributed by atoms with Crippen LogP contribution in [0.5, 0.6) is 5.75 Å². The van der Waals surface area contributed by atoms with E-state index in [9.17, 15) is 9.50 Å². The van der Waals surface area contributed by atoms with Crippen LogP contribution in [0.3, 0.4) is 0 Å². The maximum Gasteiger partial charge on any atom is 0.125 e. The molecule has 0 saturated carbocycles. The van der Waals surface area contributed by atoms with E-state index in [2.05, 4.69) is 0 Å². The van der Waals surface area contributed by atoms with Crippen LogP contribution < -0.4 is 9.64 Å². The van der Waals surface area contributed by atoms with Crippen LogP contribution in [0.15, 0.2) is 42.5 Å². The van der Waals surface area contributed by atoms with Gasteiger partial charge in [0.1, 0.15) is 11.6 Å². The lowest BCUT2D eigenvalue weighted by Gasteiger charge is -2.24. The predicted molar refractivity (Wildman–Crippen MR) is 82.4 cm³/mol. The van der Waals surface area contributed by atoms with Gasteiger partial charge in [0, 0.05) is 24.8 Å². The molecule has 2 aromatic rings. The van der Waals surface area contributed by atoms with Gasteiger partial charge in [0.05, 0.1) is 13.2 Å². The molecule has 0 aliphatic heterocycles. The van der Waals surface area contributed by atoms with Crippen LogP contribution in [-0.4, -0.2) is 25.8 Å². The van der Waals surface area contributed by atoms with E-state index in [1.165, 1.54) is 12.1 Å². The second-order valence-corrected chi connectivity index (χ2v) is 5.12. The molecule has 0 bridgehead atoms. The molecule has 0 aliphatic rings. The third-order valence-electron chi connectivity index (χ3n) is 3.44. The smallest absolute Gasteiger partial charge is 0.125 e.